The van der Waals surface area contributed by atoms with E-state index in [1.165, 1.54) is 12.6 Å². The first-order chi connectivity index (χ1) is 9.66. The molecule has 20 heavy (non-hydrogen) atoms. The number of carbonyl (C=O) groups excluding carboxylic acids is 2. The highest BCUT2D eigenvalue weighted by molar-refractivity contribution is 7.80. The van der Waals surface area contributed by atoms with Crippen LogP contribution in [-0.2, 0) is 9.59 Å². The van der Waals surface area contributed by atoms with Gasteiger partial charge in [0.15, 0.2) is 11.0 Å². The van der Waals surface area contributed by atoms with E-state index in [2.05, 4.69) is 10.3 Å². The van der Waals surface area contributed by atoms with Crippen LogP contribution in [0.1, 0.15) is 44.9 Å². The summed E-state index contributed by atoms with van der Waals surface area (Å²) in [5.41, 5.74) is 0. The normalized spacial score (nSPS) is 29.1. The summed E-state index contributed by atoms with van der Waals surface area (Å²) in [5, 5.41) is 2.92. The van der Waals surface area contributed by atoms with Crippen molar-refractivity contribution in [2.24, 2.45) is 10.9 Å². The molecule has 6 heteroatoms. The van der Waals surface area contributed by atoms with Crippen LogP contribution in [0.2, 0.25) is 0 Å². The minimum atomic E-state index is -0.802. The van der Waals surface area contributed by atoms with Gasteiger partial charge in [-0.1, -0.05) is 19.3 Å². The minimum absolute atomic E-state index is 0.140. The largest absolute Gasteiger partial charge is 0.302 e. The Morgan fingerprint density at radius 2 is 1.85 bits per heavy atom. The summed E-state index contributed by atoms with van der Waals surface area (Å²) in [6.07, 6.45) is 9.02. The number of nitrogens with zero attached hydrogens (tertiary/aromatic N) is 2. The summed E-state index contributed by atoms with van der Waals surface area (Å²) < 4.78 is 0. The maximum Gasteiger partial charge on any atom is 0.247 e. The third kappa shape index (κ3) is 2.75. The van der Waals surface area contributed by atoms with E-state index in [1.807, 2.05) is 0 Å². The van der Waals surface area contributed by atoms with Crippen LogP contribution in [0.3, 0.4) is 0 Å². The van der Waals surface area contributed by atoms with Gasteiger partial charge in [0, 0.05) is 18.3 Å². The van der Waals surface area contributed by atoms with E-state index in [0.717, 1.165) is 38.5 Å². The van der Waals surface area contributed by atoms with Crippen molar-refractivity contribution in [1.82, 2.24) is 10.2 Å². The Morgan fingerprint density at radius 3 is 2.50 bits per heavy atom. The maximum atomic E-state index is 12.6. The van der Waals surface area contributed by atoms with Crippen molar-refractivity contribution in [3.8, 4) is 0 Å². The standard InChI is InChI=1S/C14H19N3O2S/c18-12-11(8-15-9-6-7-9)13(19)17(14(20)16-12)10-4-2-1-3-5-10/h8-11H,1-7H2,(H,16,18,20)/t11-/m1/s1. The van der Waals surface area contributed by atoms with Crippen molar-refractivity contribution in [1.29, 1.82) is 0 Å². The highest BCUT2D eigenvalue weighted by Crippen LogP contribution is 2.27. The number of hydrogen-bond acceptors (Lipinski definition) is 4. The topological polar surface area (TPSA) is 61.8 Å². The molecule has 3 aliphatic rings. The van der Waals surface area contributed by atoms with Crippen LogP contribution in [0.15, 0.2) is 4.99 Å². The van der Waals surface area contributed by atoms with Crippen LogP contribution in [0.4, 0.5) is 0 Å². The predicted octanol–water partition coefficient (Wildman–Crippen LogP) is 1.41. The van der Waals surface area contributed by atoms with Gasteiger partial charge in [-0.3, -0.25) is 19.5 Å². The molecule has 0 spiro atoms. The molecular weight excluding hydrogens is 274 g/mol. The lowest BCUT2D eigenvalue weighted by molar-refractivity contribution is -0.139. The summed E-state index contributed by atoms with van der Waals surface area (Å²) in [4.78, 5) is 30.4. The number of carbonyl (C=O) groups is 2. The van der Waals surface area contributed by atoms with Crippen molar-refractivity contribution >= 4 is 35.4 Å². The number of hydrogen-bond donors (Lipinski definition) is 1. The predicted molar refractivity (Wildman–Crippen MR) is 79.5 cm³/mol. The van der Waals surface area contributed by atoms with Crippen LogP contribution in [-0.4, -0.2) is 40.1 Å². The van der Waals surface area contributed by atoms with Crippen LogP contribution in [0, 0.1) is 5.92 Å². The zero-order chi connectivity index (χ0) is 14.1. The Labute approximate surface area is 123 Å². The fourth-order valence-corrected chi connectivity index (χ4v) is 3.19. The smallest absolute Gasteiger partial charge is 0.247 e. The van der Waals surface area contributed by atoms with Crippen molar-refractivity contribution in [2.75, 3.05) is 0 Å². The number of thiocarbonyl (C=S) groups is 1. The molecule has 1 saturated heterocycles. The van der Waals surface area contributed by atoms with Gasteiger partial charge in [0.05, 0.1) is 0 Å². The summed E-state index contributed by atoms with van der Waals surface area (Å²) in [5.74, 6) is -1.34. The lowest BCUT2D eigenvalue weighted by atomic mass is 9.92. The Balaban J connectivity index is 1.76. The van der Waals surface area contributed by atoms with Crippen LogP contribution >= 0.6 is 12.2 Å². The molecule has 0 radical (unpaired) electrons. The first kappa shape index (κ1) is 13.7. The monoisotopic (exact) mass is 293 g/mol. The number of nitrogens with one attached hydrogen (secondary N) is 1. The number of rotatable bonds is 3. The lowest BCUT2D eigenvalue weighted by Gasteiger charge is -2.38. The zero-order valence-electron chi connectivity index (χ0n) is 11.4. The molecule has 0 bridgehead atoms. The Kier molecular flexibility index (Phi) is 3.83. The SMILES string of the molecule is O=C1NC(=S)N(C2CCCCC2)C(=O)[C@@H]1C=NC1CC1. The quantitative estimate of drug-likeness (QED) is 0.486. The van der Waals surface area contributed by atoms with Crippen LogP contribution in [0.25, 0.3) is 0 Å². The van der Waals surface area contributed by atoms with Crippen LogP contribution < -0.4 is 5.32 Å². The molecule has 0 aromatic carbocycles. The summed E-state index contributed by atoms with van der Waals surface area (Å²) in [7, 11) is 0. The average molecular weight is 293 g/mol. The van der Waals surface area contributed by atoms with Gasteiger partial charge < -0.3 is 5.32 Å². The van der Waals surface area contributed by atoms with Gasteiger partial charge in [-0.15, -0.1) is 0 Å². The van der Waals surface area contributed by atoms with E-state index in [-0.39, 0.29) is 23.0 Å². The maximum absolute atomic E-state index is 12.6. The molecule has 0 aromatic heterocycles. The minimum Gasteiger partial charge on any atom is -0.302 e. The molecular formula is C14H19N3O2S. The molecule has 0 aromatic rings. The van der Waals surface area contributed by atoms with Gasteiger partial charge in [0.1, 0.15) is 0 Å². The molecule has 1 N–H and O–H groups in total. The summed E-state index contributed by atoms with van der Waals surface area (Å²) in [6.45, 7) is 0. The van der Waals surface area contributed by atoms with E-state index < -0.39 is 5.92 Å². The Hall–Kier alpha value is -1.30. The molecule has 3 rings (SSSR count). The molecule has 108 valence electrons. The van der Waals surface area contributed by atoms with Gasteiger partial charge in [0.25, 0.3) is 0 Å². The van der Waals surface area contributed by atoms with Crippen molar-refractivity contribution in [3.63, 3.8) is 0 Å². The zero-order valence-corrected chi connectivity index (χ0v) is 12.2. The molecule has 5 nitrogen and oxygen atoms in total. The molecule has 1 atom stereocenters. The van der Waals surface area contributed by atoms with E-state index in [9.17, 15) is 9.59 Å². The van der Waals surface area contributed by atoms with Gasteiger partial charge in [-0.25, -0.2) is 0 Å². The molecule has 2 amide bonds. The fourth-order valence-electron chi connectivity index (χ4n) is 2.85. The second kappa shape index (κ2) is 5.60. The Bertz CT molecular complexity index is 467. The fraction of sp³-hybridized carbons (Fsp3) is 0.714. The first-order valence-electron chi connectivity index (χ1n) is 7.38. The van der Waals surface area contributed by atoms with Gasteiger partial charge in [-0.05, 0) is 37.9 Å². The van der Waals surface area contributed by atoms with Crippen molar-refractivity contribution in [2.45, 2.75) is 57.0 Å². The van der Waals surface area contributed by atoms with Crippen molar-refractivity contribution < 1.29 is 9.59 Å². The molecule has 2 aliphatic carbocycles. The molecule has 0 unspecified atom stereocenters. The van der Waals surface area contributed by atoms with Gasteiger partial charge in [0.2, 0.25) is 11.8 Å². The molecule has 3 fully saturated rings. The van der Waals surface area contributed by atoms with E-state index in [1.54, 1.807) is 4.90 Å². The highest BCUT2D eigenvalue weighted by atomic mass is 32.1. The highest BCUT2D eigenvalue weighted by Gasteiger charge is 2.41. The second-order valence-electron chi connectivity index (χ2n) is 5.80. The Morgan fingerprint density at radius 1 is 1.15 bits per heavy atom. The van der Waals surface area contributed by atoms with E-state index in [4.69, 9.17) is 12.2 Å². The molecule has 1 aliphatic heterocycles. The lowest BCUT2D eigenvalue weighted by Crippen LogP contribution is -2.61. The average Bonchev–Trinajstić information content (AvgIpc) is 3.23. The van der Waals surface area contributed by atoms with Crippen LogP contribution in [0.5, 0.6) is 0 Å². The van der Waals surface area contributed by atoms with Gasteiger partial charge >= 0.3 is 0 Å². The van der Waals surface area contributed by atoms with E-state index in [0.29, 0.717) is 6.04 Å². The van der Waals surface area contributed by atoms with Crippen molar-refractivity contribution in [3.05, 3.63) is 0 Å². The molecule has 2 saturated carbocycles. The third-order valence-electron chi connectivity index (χ3n) is 4.17. The number of amides is 2. The summed E-state index contributed by atoms with van der Waals surface area (Å²) in [6, 6.07) is 0.453. The number of aliphatic imine (C=N–C) groups is 1. The molecule has 1 heterocycles. The van der Waals surface area contributed by atoms with Gasteiger partial charge in [-0.2, -0.15) is 0 Å². The summed E-state index contributed by atoms with van der Waals surface area (Å²) >= 11 is 5.19. The second-order valence-corrected chi connectivity index (χ2v) is 6.19. The first-order valence-corrected chi connectivity index (χ1v) is 7.79. The van der Waals surface area contributed by atoms with E-state index >= 15 is 0 Å². The third-order valence-corrected chi connectivity index (χ3v) is 4.47.